The topological polar surface area (TPSA) is 34.0 Å². The fraction of sp³-hybridized carbons (Fsp3) is 0.400. The first kappa shape index (κ1) is 15.2. The van der Waals surface area contributed by atoms with E-state index in [-0.39, 0.29) is 17.5 Å². The van der Waals surface area contributed by atoms with E-state index >= 15 is 0 Å². The lowest BCUT2D eigenvalue weighted by molar-refractivity contribution is -0.125. The molecular formula is C15H18Cl2N2O. The number of halogens is 2. The number of hydrogen-bond acceptors (Lipinski definition) is 1. The first-order chi connectivity index (χ1) is 9.19. The minimum atomic E-state index is -0.332. The Morgan fingerprint density at radius 1 is 1.30 bits per heavy atom. The van der Waals surface area contributed by atoms with Gasteiger partial charge in [0, 0.05) is 22.1 Å². The number of rotatable bonds is 2. The van der Waals surface area contributed by atoms with Crippen molar-refractivity contribution in [2.24, 2.45) is 0 Å². The lowest BCUT2D eigenvalue weighted by Gasteiger charge is -2.24. The number of nitrogens with one attached hydrogen (secondary N) is 1. The van der Waals surface area contributed by atoms with E-state index in [2.05, 4.69) is 5.32 Å². The number of carbonyl (C=O) groups is 1. The lowest BCUT2D eigenvalue weighted by Crippen LogP contribution is -2.43. The Balaban J connectivity index is 2.40. The molecule has 0 aliphatic heterocycles. The molecule has 0 saturated heterocycles. The van der Waals surface area contributed by atoms with Gasteiger partial charge in [0.1, 0.15) is 6.04 Å². The van der Waals surface area contributed by atoms with Crippen LogP contribution < -0.4 is 5.32 Å². The summed E-state index contributed by atoms with van der Waals surface area (Å²) in [5.41, 5.74) is 0.600. The molecule has 1 N–H and O–H groups in total. The standard InChI is InChI=1S/C15H18Cl2N2O/c1-9(14(20)18-15(2,3)4)19-6-5-11-12(17)7-10(16)8-13(11)19/h5-9H,1-4H3,(H,18,20). The van der Waals surface area contributed by atoms with Gasteiger partial charge in [-0.15, -0.1) is 0 Å². The molecule has 1 unspecified atom stereocenters. The Morgan fingerprint density at radius 3 is 2.55 bits per heavy atom. The normalized spacial score (nSPS) is 13.5. The molecule has 3 nitrogen and oxygen atoms in total. The van der Waals surface area contributed by atoms with Crippen LogP contribution in [-0.2, 0) is 4.79 Å². The van der Waals surface area contributed by atoms with Crippen LogP contribution in [0.3, 0.4) is 0 Å². The van der Waals surface area contributed by atoms with Crippen LogP contribution in [0.25, 0.3) is 10.9 Å². The Hall–Kier alpha value is -1.19. The van der Waals surface area contributed by atoms with E-state index in [1.807, 2.05) is 50.6 Å². The molecule has 108 valence electrons. The van der Waals surface area contributed by atoms with Crippen molar-refractivity contribution in [1.29, 1.82) is 0 Å². The molecule has 1 aromatic carbocycles. The molecule has 0 radical (unpaired) electrons. The van der Waals surface area contributed by atoms with Crippen molar-refractivity contribution in [1.82, 2.24) is 9.88 Å². The summed E-state index contributed by atoms with van der Waals surface area (Å²) in [4.78, 5) is 12.3. The summed E-state index contributed by atoms with van der Waals surface area (Å²) in [7, 11) is 0. The van der Waals surface area contributed by atoms with Gasteiger partial charge in [-0.2, -0.15) is 0 Å². The molecule has 1 aromatic heterocycles. The number of aromatic nitrogens is 1. The number of benzene rings is 1. The molecule has 2 aromatic rings. The zero-order valence-electron chi connectivity index (χ0n) is 12.0. The summed E-state index contributed by atoms with van der Waals surface area (Å²) in [5, 5.41) is 5.02. The summed E-state index contributed by atoms with van der Waals surface area (Å²) in [6.07, 6.45) is 1.86. The maximum Gasteiger partial charge on any atom is 0.243 e. The van der Waals surface area contributed by atoms with Gasteiger partial charge in [0.05, 0.1) is 10.5 Å². The monoisotopic (exact) mass is 312 g/mol. The summed E-state index contributed by atoms with van der Waals surface area (Å²) in [6, 6.07) is 5.09. The molecule has 0 bridgehead atoms. The van der Waals surface area contributed by atoms with E-state index in [4.69, 9.17) is 23.2 Å². The van der Waals surface area contributed by atoms with E-state index < -0.39 is 0 Å². The second-order valence-electron chi connectivity index (χ2n) is 5.96. The number of nitrogens with zero attached hydrogens (tertiary/aromatic N) is 1. The van der Waals surface area contributed by atoms with Gasteiger partial charge in [-0.25, -0.2) is 0 Å². The van der Waals surface area contributed by atoms with Crippen molar-refractivity contribution < 1.29 is 4.79 Å². The molecule has 1 heterocycles. The van der Waals surface area contributed by atoms with Crippen LogP contribution in [0, 0.1) is 0 Å². The SMILES string of the molecule is CC(C(=O)NC(C)(C)C)n1ccc2c(Cl)cc(Cl)cc21. The minimum absolute atomic E-state index is 0.0360. The lowest BCUT2D eigenvalue weighted by atomic mass is 10.1. The van der Waals surface area contributed by atoms with E-state index in [0.29, 0.717) is 10.0 Å². The maximum atomic E-state index is 12.3. The van der Waals surface area contributed by atoms with Crippen LogP contribution in [0.2, 0.25) is 10.0 Å². The molecule has 0 spiro atoms. The summed E-state index contributed by atoms with van der Waals surface area (Å²) in [6.45, 7) is 7.73. The quantitative estimate of drug-likeness (QED) is 0.874. The summed E-state index contributed by atoms with van der Waals surface area (Å²) >= 11 is 12.2. The fourth-order valence-corrected chi connectivity index (χ4v) is 2.67. The fourth-order valence-electron chi connectivity index (χ4n) is 2.12. The van der Waals surface area contributed by atoms with Gasteiger partial charge in [-0.05, 0) is 45.9 Å². The highest BCUT2D eigenvalue weighted by Gasteiger charge is 2.21. The third-order valence-electron chi connectivity index (χ3n) is 3.05. The van der Waals surface area contributed by atoms with Crippen molar-refractivity contribution in [3.63, 3.8) is 0 Å². The first-order valence-electron chi connectivity index (χ1n) is 6.46. The Kier molecular flexibility index (Phi) is 4.03. The molecule has 0 fully saturated rings. The Labute approximate surface area is 128 Å². The highest BCUT2D eigenvalue weighted by Crippen LogP contribution is 2.30. The number of amides is 1. The van der Waals surface area contributed by atoms with Crippen molar-refractivity contribution in [2.45, 2.75) is 39.3 Å². The zero-order valence-corrected chi connectivity index (χ0v) is 13.5. The molecule has 1 atom stereocenters. The minimum Gasteiger partial charge on any atom is -0.350 e. The highest BCUT2D eigenvalue weighted by molar-refractivity contribution is 6.38. The van der Waals surface area contributed by atoms with Crippen LogP contribution >= 0.6 is 23.2 Å². The van der Waals surface area contributed by atoms with Gasteiger partial charge in [0.2, 0.25) is 5.91 Å². The second-order valence-corrected chi connectivity index (χ2v) is 6.80. The molecule has 0 aliphatic carbocycles. The van der Waals surface area contributed by atoms with Crippen LogP contribution in [0.5, 0.6) is 0 Å². The molecular weight excluding hydrogens is 295 g/mol. The highest BCUT2D eigenvalue weighted by atomic mass is 35.5. The zero-order chi connectivity index (χ0) is 15.1. The van der Waals surface area contributed by atoms with Crippen molar-refractivity contribution in [3.8, 4) is 0 Å². The molecule has 5 heteroatoms. The number of carbonyl (C=O) groups excluding carboxylic acids is 1. The maximum absolute atomic E-state index is 12.3. The smallest absolute Gasteiger partial charge is 0.243 e. The molecule has 0 saturated carbocycles. The van der Waals surface area contributed by atoms with Crippen molar-refractivity contribution >= 4 is 40.0 Å². The van der Waals surface area contributed by atoms with E-state index in [1.54, 1.807) is 6.07 Å². The van der Waals surface area contributed by atoms with E-state index in [9.17, 15) is 4.79 Å². The van der Waals surface area contributed by atoms with Gasteiger partial charge in [-0.1, -0.05) is 23.2 Å². The predicted octanol–water partition coefficient (Wildman–Crippen LogP) is 4.42. The summed E-state index contributed by atoms with van der Waals surface area (Å²) < 4.78 is 1.88. The third-order valence-corrected chi connectivity index (χ3v) is 3.58. The van der Waals surface area contributed by atoms with E-state index in [0.717, 1.165) is 10.9 Å². The average molecular weight is 313 g/mol. The summed E-state index contributed by atoms with van der Waals surface area (Å²) in [5.74, 6) is -0.0360. The molecule has 2 rings (SSSR count). The molecule has 1 amide bonds. The molecule has 20 heavy (non-hydrogen) atoms. The van der Waals surface area contributed by atoms with Gasteiger partial charge in [0.25, 0.3) is 0 Å². The molecule has 0 aliphatic rings. The second kappa shape index (κ2) is 5.30. The van der Waals surface area contributed by atoms with Crippen molar-refractivity contribution in [2.75, 3.05) is 0 Å². The Morgan fingerprint density at radius 2 is 1.95 bits per heavy atom. The number of fused-ring (bicyclic) bond motifs is 1. The number of hydrogen-bond donors (Lipinski definition) is 1. The van der Waals surface area contributed by atoms with Gasteiger partial charge < -0.3 is 9.88 Å². The predicted molar refractivity (Wildman–Crippen MR) is 84.6 cm³/mol. The van der Waals surface area contributed by atoms with Crippen LogP contribution in [0.1, 0.15) is 33.7 Å². The largest absolute Gasteiger partial charge is 0.350 e. The van der Waals surface area contributed by atoms with Crippen LogP contribution in [0.15, 0.2) is 24.4 Å². The Bertz CT molecular complexity index is 656. The average Bonchev–Trinajstić information content (AvgIpc) is 2.69. The van der Waals surface area contributed by atoms with Crippen LogP contribution in [-0.4, -0.2) is 16.0 Å². The van der Waals surface area contributed by atoms with E-state index in [1.165, 1.54) is 0 Å². The van der Waals surface area contributed by atoms with Crippen molar-refractivity contribution in [3.05, 3.63) is 34.4 Å². The third kappa shape index (κ3) is 3.10. The van der Waals surface area contributed by atoms with Gasteiger partial charge in [-0.3, -0.25) is 4.79 Å². The van der Waals surface area contributed by atoms with Gasteiger partial charge >= 0.3 is 0 Å². The van der Waals surface area contributed by atoms with Gasteiger partial charge in [0.15, 0.2) is 0 Å². The van der Waals surface area contributed by atoms with Crippen LogP contribution in [0.4, 0.5) is 0 Å². The first-order valence-corrected chi connectivity index (χ1v) is 7.22.